The average molecular weight is 622 g/mol. The van der Waals surface area contributed by atoms with Crippen LogP contribution in [-0.4, -0.2) is 15.0 Å². The second kappa shape index (κ2) is 12.8. The van der Waals surface area contributed by atoms with Gasteiger partial charge in [-0.25, -0.2) is 15.0 Å². The fourth-order valence-electron chi connectivity index (χ4n) is 6.62. The Morgan fingerprint density at radius 1 is 0.229 bits per heavy atom. The van der Waals surface area contributed by atoms with E-state index in [1.807, 2.05) is 0 Å². The number of hydrogen-bond acceptors (Lipinski definition) is 3. The van der Waals surface area contributed by atoms with Crippen LogP contribution in [0.3, 0.4) is 0 Å². The van der Waals surface area contributed by atoms with E-state index in [-0.39, 0.29) is 0 Å². The number of aryl methyl sites for hydroxylation is 6. The molecule has 0 saturated carbocycles. The lowest BCUT2D eigenvalue weighted by Gasteiger charge is -2.11. The molecule has 7 rings (SSSR count). The van der Waals surface area contributed by atoms with E-state index in [1.54, 1.807) is 0 Å². The Kier molecular flexibility index (Phi) is 8.29. The van der Waals surface area contributed by atoms with Crippen LogP contribution in [0.4, 0.5) is 0 Å². The molecule has 48 heavy (non-hydrogen) atoms. The van der Waals surface area contributed by atoms with Crippen LogP contribution >= 0.6 is 0 Å². The van der Waals surface area contributed by atoms with Crippen LogP contribution in [0.25, 0.3) is 67.5 Å². The van der Waals surface area contributed by atoms with Crippen molar-refractivity contribution in [2.75, 3.05) is 0 Å². The van der Waals surface area contributed by atoms with Gasteiger partial charge in [0.15, 0.2) is 17.5 Å². The number of aromatic nitrogens is 3. The lowest BCUT2D eigenvalue weighted by Crippen LogP contribution is -2.00. The van der Waals surface area contributed by atoms with Crippen LogP contribution in [0.2, 0.25) is 0 Å². The summed E-state index contributed by atoms with van der Waals surface area (Å²) in [6.45, 7) is 12.8. The van der Waals surface area contributed by atoms with Crippen molar-refractivity contribution in [3.05, 3.63) is 161 Å². The fourth-order valence-corrected chi connectivity index (χ4v) is 6.62. The second-order valence-corrected chi connectivity index (χ2v) is 13.2. The zero-order valence-electron chi connectivity index (χ0n) is 28.5. The quantitative estimate of drug-likeness (QED) is 0.185. The van der Waals surface area contributed by atoms with Crippen molar-refractivity contribution in [1.29, 1.82) is 0 Å². The first-order valence-electron chi connectivity index (χ1n) is 16.5. The number of hydrogen-bond donors (Lipinski definition) is 0. The molecule has 0 aliphatic carbocycles. The minimum Gasteiger partial charge on any atom is -0.208 e. The number of rotatable bonds is 6. The summed E-state index contributed by atoms with van der Waals surface area (Å²) in [6, 6.07) is 45.6. The summed E-state index contributed by atoms with van der Waals surface area (Å²) >= 11 is 0. The fraction of sp³-hybridized carbons (Fsp3) is 0.133. The molecule has 1 aromatic heterocycles. The normalized spacial score (nSPS) is 11.1. The third-order valence-electron chi connectivity index (χ3n) is 8.73. The highest BCUT2D eigenvalue weighted by Gasteiger charge is 2.14. The molecule has 0 amide bonds. The summed E-state index contributed by atoms with van der Waals surface area (Å²) in [5.41, 5.74) is 17.5. The predicted molar refractivity (Wildman–Crippen MR) is 201 cm³/mol. The maximum Gasteiger partial charge on any atom is 0.164 e. The van der Waals surface area contributed by atoms with E-state index in [9.17, 15) is 0 Å². The Hall–Kier alpha value is -5.67. The molecular formula is C45H39N3. The van der Waals surface area contributed by atoms with E-state index in [4.69, 9.17) is 15.0 Å². The third kappa shape index (κ3) is 6.72. The van der Waals surface area contributed by atoms with Crippen molar-refractivity contribution < 1.29 is 0 Å². The minimum atomic E-state index is 0.652. The summed E-state index contributed by atoms with van der Waals surface area (Å²) in [7, 11) is 0. The first kappa shape index (κ1) is 31.0. The lowest BCUT2D eigenvalue weighted by molar-refractivity contribution is 1.07. The second-order valence-electron chi connectivity index (χ2n) is 13.2. The molecule has 0 saturated heterocycles. The highest BCUT2D eigenvalue weighted by Crippen LogP contribution is 2.31. The Bertz CT molecular complexity index is 1930. The van der Waals surface area contributed by atoms with Crippen molar-refractivity contribution in [2.24, 2.45) is 0 Å². The van der Waals surface area contributed by atoms with Gasteiger partial charge in [-0.15, -0.1) is 0 Å². The van der Waals surface area contributed by atoms with Gasteiger partial charge in [-0.3, -0.25) is 0 Å². The average Bonchev–Trinajstić information content (AvgIpc) is 3.07. The highest BCUT2D eigenvalue weighted by molar-refractivity contribution is 5.74. The van der Waals surface area contributed by atoms with Gasteiger partial charge in [-0.05, 0) is 74.9 Å². The van der Waals surface area contributed by atoms with Crippen LogP contribution in [-0.2, 0) is 0 Å². The van der Waals surface area contributed by atoms with E-state index in [0.29, 0.717) is 17.5 Å². The molecule has 6 aromatic carbocycles. The molecule has 0 radical (unpaired) electrons. The summed E-state index contributed by atoms with van der Waals surface area (Å²) < 4.78 is 0. The Morgan fingerprint density at radius 2 is 0.417 bits per heavy atom. The van der Waals surface area contributed by atoms with Crippen molar-refractivity contribution >= 4 is 0 Å². The molecule has 0 spiro atoms. The van der Waals surface area contributed by atoms with Crippen molar-refractivity contribution in [3.8, 4) is 67.5 Å². The van der Waals surface area contributed by atoms with Gasteiger partial charge in [0.1, 0.15) is 0 Å². The van der Waals surface area contributed by atoms with Crippen LogP contribution in [0.1, 0.15) is 33.4 Å². The van der Waals surface area contributed by atoms with Gasteiger partial charge >= 0.3 is 0 Å². The summed E-state index contributed by atoms with van der Waals surface area (Å²) in [5, 5.41) is 0. The molecular weight excluding hydrogens is 583 g/mol. The molecule has 234 valence electrons. The minimum absolute atomic E-state index is 0.652. The Labute approximate surface area is 284 Å². The first-order valence-corrected chi connectivity index (χ1v) is 16.5. The van der Waals surface area contributed by atoms with E-state index >= 15 is 0 Å². The van der Waals surface area contributed by atoms with Crippen LogP contribution in [0, 0.1) is 41.5 Å². The molecule has 0 aliphatic rings. The van der Waals surface area contributed by atoms with Gasteiger partial charge in [0.2, 0.25) is 0 Å². The Morgan fingerprint density at radius 3 is 0.625 bits per heavy atom. The van der Waals surface area contributed by atoms with Gasteiger partial charge in [0.25, 0.3) is 0 Å². The molecule has 3 nitrogen and oxygen atoms in total. The first-order chi connectivity index (χ1) is 23.2. The molecule has 0 N–H and O–H groups in total. The largest absolute Gasteiger partial charge is 0.208 e. The van der Waals surface area contributed by atoms with Gasteiger partial charge in [0.05, 0.1) is 0 Å². The predicted octanol–water partition coefficient (Wildman–Crippen LogP) is 11.7. The molecule has 0 fully saturated rings. The monoisotopic (exact) mass is 621 g/mol. The van der Waals surface area contributed by atoms with E-state index in [0.717, 1.165) is 16.7 Å². The molecule has 3 heteroatoms. The maximum absolute atomic E-state index is 5.02. The third-order valence-corrected chi connectivity index (χ3v) is 8.73. The molecule has 0 atom stereocenters. The highest BCUT2D eigenvalue weighted by atomic mass is 15.0. The standard InChI is InChI=1S/C45H39N3/c1-28-19-29(2)23-40(22-28)34-7-13-37(14-8-34)43-46-44(38-15-9-35(10-16-38)41-24-30(3)20-31(4)25-41)48-45(47-43)39-17-11-36(12-18-39)42-26-32(5)21-33(6)27-42/h7-27H,1-6H3. The summed E-state index contributed by atoms with van der Waals surface area (Å²) in [6.07, 6.45) is 0. The van der Waals surface area contributed by atoms with Crippen LogP contribution in [0.5, 0.6) is 0 Å². The van der Waals surface area contributed by atoms with Crippen LogP contribution < -0.4 is 0 Å². The topological polar surface area (TPSA) is 38.7 Å². The summed E-state index contributed by atoms with van der Waals surface area (Å²) in [4.78, 5) is 15.1. The van der Waals surface area contributed by atoms with Crippen molar-refractivity contribution in [1.82, 2.24) is 15.0 Å². The maximum atomic E-state index is 5.02. The molecule has 0 bridgehead atoms. The van der Waals surface area contributed by atoms with Crippen molar-refractivity contribution in [3.63, 3.8) is 0 Å². The molecule has 0 aliphatic heterocycles. The van der Waals surface area contributed by atoms with Gasteiger partial charge in [-0.1, -0.05) is 161 Å². The number of benzene rings is 6. The van der Waals surface area contributed by atoms with Gasteiger partial charge in [-0.2, -0.15) is 0 Å². The van der Waals surface area contributed by atoms with E-state index in [1.165, 1.54) is 66.8 Å². The van der Waals surface area contributed by atoms with E-state index in [2.05, 4.69) is 169 Å². The zero-order chi connectivity index (χ0) is 33.4. The van der Waals surface area contributed by atoms with Gasteiger partial charge in [0, 0.05) is 16.7 Å². The number of nitrogens with zero attached hydrogens (tertiary/aromatic N) is 3. The Balaban J connectivity index is 1.29. The zero-order valence-corrected chi connectivity index (χ0v) is 28.5. The summed E-state index contributed by atoms with van der Waals surface area (Å²) in [5.74, 6) is 1.95. The van der Waals surface area contributed by atoms with E-state index < -0.39 is 0 Å². The molecule has 0 unspecified atom stereocenters. The lowest BCUT2D eigenvalue weighted by atomic mass is 9.99. The molecule has 7 aromatic rings. The smallest absolute Gasteiger partial charge is 0.164 e. The van der Waals surface area contributed by atoms with Crippen molar-refractivity contribution in [2.45, 2.75) is 41.5 Å². The van der Waals surface area contributed by atoms with Gasteiger partial charge < -0.3 is 0 Å². The molecule has 1 heterocycles. The SMILES string of the molecule is Cc1cc(C)cc(-c2ccc(-c3nc(-c4ccc(-c5cc(C)cc(C)c5)cc4)nc(-c4ccc(-c5cc(C)cc(C)c5)cc4)n3)cc2)c1. The van der Waals surface area contributed by atoms with Crippen LogP contribution in [0.15, 0.2) is 127 Å².